The van der Waals surface area contributed by atoms with Crippen molar-refractivity contribution in [3.05, 3.63) is 33.9 Å². The third-order valence-corrected chi connectivity index (χ3v) is 2.16. The van der Waals surface area contributed by atoms with Crippen molar-refractivity contribution in [2.45, 2.75) is 6.18 Å². The summed E-state index contributed by atoms with van der Waals surface area (Å²) in [6, 6.07) is 2.35. The van der Waals surface area contributed by atoms with Crippen LogP contribution in [0.5, 0.6) is 0 Å². The average Bonchev–Trinajstić information content (AvgIpc) is 2.16. The Kier molecular flexibility index (Phi) is 3.63. The van der Waals surface area contributed by atoms with Gasteiger partial charge in [0.15, 0.2) is 0 Å². The van der Waals surface area contributed by atoms with Crippen molar-refractivity contribution in [2.24, 2.45) is 0 Å². The first-order chi connectivity index (χ1) is 7.36. The molecule has 1 aromatic carbocycles. The lowest BCUT2D eigenvalue weighted by atomic mass is 10.1. The molecule has 1 N–H and O–H groups in total. The number of nitrogens with one attached hydrogen (secondary N) is 1. The van der Waals surface area contributed by atoms with Crippen LogP contribution in [-0.4, -0.2) is 11.2 Å². The van der Waals surface area contributed by atoms with Crippen LogP contribution in [0.2, 0.25) is 0 Å². The molecule has 0 spiro atoms. The van der Waals surface area contributed by atoms with E-state index >= 15 is 0 Å². The van der Waals surface area contributed by atoms with Crippen LogP contribution in [-0.2, 0) is 6.18 Å². The Morgan fingerprint density at radius 1 is 1.44 bits per heavy atom. The molecule has 0 aliphatic heterocycles. The van der Waals surface area contributed by atoms with Crippen LogP contribution >= 0.6 is 11.9 Å². The number of hydrogen-bond acceptors (Lipinski definition) is 4. The van der Waals surface area contributed by atoms with E-state index in [1.807, 2.05) is 0 Å². The largest absolute Gasteiger partial charge is 0.416 e. The number of alkyl halides is 3. The number of nitro benzene ring substituents is 1. The topological polar surface area (TPSA) is 55.2 Å². The molecule has 0 radical (unpaired) electrons. The number of nitro groups is 1. The lowest BCUT2D eigenvalue weighted by Gasteiger charge is -2.08. The van der Waals surface area contributed by atoms with Gasteiger partial charge in [-0.1, -0.05) is 11.9 Å². The summed E-state index contributed by atoms with van der Waals surface area (Å²) in [5, 5.41) is 10.6. The molecule has 0 fully saturated rings. The number of hydrogen-bond donors (Lipinski definition) is 1. The molecule has 0 saturated heterocycles. The fourth-order valence-electron chi connectivity index (χ4n) is 1.06. The lowest BCUT2D eigenvalue weighted by Crippen LogP contribution is -2.06. The Bertz CT molecular complexity index is 409. The number of nitrogens with zero attached hydrogens (tertiary/aromatic N) is 1. The van der Waals surface area contributed by atoms with Crippen LogP contribution in [0, 0.1) is 10.1 Å². The van der Waals surface area contributed by atoms with Gasteiger partial charge in [0.05, 0.1) is 10.5 Å². The smallest absolute Gasteiger partial charge is 0.324 e. The first-order valence-corrected chi connectivity index (χ1v) is 5.23. The van der Waals surface area contributed by atoms with E-state index in [2.05, 4.69) is 4.72 Å². The van der Waals surface area contributed by atoms with Crippen LogP contribution in [0.4, 0.5) is 24.5 Å². The molecule has 4 nitrogen and oxygen atoms in total. The second kappa shape index (κ2) is 4.60. The van der Waals surface area contributed by atoms with Gasteiger partial charge in [0, 0.05) is 12.3 Å². The molecule has 0 unspecified atom stereocenters. The van der Waals surface area contributed by atoms with E-state index in [4.69, 9.17) is 0 Å². The van der Waals surface area contributed by atoms with Gasteiger partial charge in [0.2, 0.25) is 0 Å². The maximum Gasteiger partial charge on any atom is 0.416 e. The Morgan fingerprint density at radius 2 is 2.06 bits per heavy atom. The molecule has 0 aliphatic carbocycles. The number of halogens is 3. The fraction of sp³-hybridized carbons (Fsp3) is 0.250. The lowest BCUT2D eigenvalue weighted by molar-refractivity contribution is -0.384. The highest BCUT2D eigenvalue weighted by Crippen LogP contribution is 2.35. The zero-order valence-corrected chi connectivity index (χ0v) is 8.85. The molecule has 0 amide bonds. The summed E-state index contributed by atoms with van der Waals surface area (Å²) in [5.74, 6) is 0. The van der Waals surface area contributed by atoms with Crippen molar-refractivity contribution in [3.63, 3.8) is 0 Å². The number of benzene rings is 1. The molecule has 0 aliphatic rings. The van der Waals surface area contributed by atoms with E-state index in [1.165, 1.54) is 0 Å². The van der Waals surface area contributed by atoms with Crippen LogP contribution in [0.25, 0.3) is 0 Å². The zero-order valence-electron chi connectivity index (χ0n) is 8.04. The van der Waals surface area contributed by atoms with Gasteiger partial charge in [-0.15, -0.1) is 0 Å². The molecule has 88 valence electrons. The molecule has 1 aromatic rings. The molecular weight excluding hydrogens is 245 g/mol. The minimum Gasteiger partial charge on any atom is -0.324 e. The maximum atomic E-state index is 12.3. The van der Waals surface area contributed by atoms with Gasteiger partial charge in [0.25, 0.3) is 5.69 Å². The highest BCUT2D eigenvalue weighted by Gasteiger charge is 2.32. The van der Waals surface area contributed by atoms with Crippen molar-refractivity contribution < 1.29 is 18.1 Å². The molecule has 0 atom stereocenters. The minimum atomic E-state index is -4.58. The van der Waals surface area contributed by atoms with Gasteiger partial charge in [-0.25, -0.2) is 0 Å². The molecule has 16 heavy (non-hydrogen) atoms. The van der Waals surface area contributed by atoms with Crippen LogP contribution in [0.15, 0.2) is 18.2 Å². The summed E-state index contributed by atoms with van der Waals surface area (Å²) in [6.07, 6.45) is -2.97. The van der Waals surface area contributed by atoms with Gasteiger partial charge < -0.3 is 4.72 Å². The quantitative estimate of drug-likeness (QED) is 0.509. The highest BCUT2D eigenvalue weighted by atomic mass is 32.2. The van der Waals surface area contributed by atoms with Crippen LogP contribution in [0.1, 0.15) is 5.56 Å². The molecule has 0 heterocycles. The zero-order chi connectivity index (χ0) is 12.3. The van der Waals surface area contributed by atoms with E-state index in [9.17, 15) is 23.3 Å². The third-order valence-electron chi connectivity index (χ3n) is 1.73. The molecule has 0 aromatic heterocycles. The Morgan fingerprint density at radius 3 is 2.50 bits per heavy atom. The molecule has 0 bridgehead atoms. The van der Waals surface area contributed by atoms with E-state index in [0.717, 1.165) is 24.1 Å². The van der Waals surface area contributed by atoms with Gasteiger partial charge >= 0.3 is 6.18 Å². The van der Waals surface area contributed by atoms with Crippen molar-refractivity contribution in [3.8, 4) is 0 Å². The van der Waals surface area contributed by atoms with E-state index < -0.39 is 22.4 Å². The Labute approximate surface area is 93.1 Å². The number of anilines is 1. The maximum absolute atomic E-state index is 12.3. The van der Waals surface area contributed by atoms with Crippen molar-refractivity contribution >= 4 is 23.3 Å². The molecule has 1 rings (SSSR count). The number of rotatable bonds is 3. The standard InChI is InChI=1S/C8H7F3N2O2S/c1-16-12-6-3-2-5(8(9,10)11)4-7(6)13(14)15/h2-4,12H,1H3. The summed E-state index contributed by atoms with van der Waals surface area (Å²) in [5.41, 5.74) is -1.58. The fourth-order valence-corrected chi connectivity index (χ4v) is 1.45. The highest BCUT2D eigenvalue weighted by molar-refractivity contribution is 7.99. The molecular formula is C8H7F3N2O2S. The van der Waals surface area contributed by atoms with E-state index in [0.29, 0.717) is 6.07 Å². The predicted octanol–water partition coefficient (Wildman–Crippen LogP) is 3.30. The van der Waals surface area contributed by atoms with E-state index in [-0.39, 0.29) is 5.69 Å². The first-order valence-electron chi connectivity index (χ1n) is 4.01. The predicted molar refractivity (Wildman–Crippen MR) is 55.2 cm³/mol. The Hall–Kier alpha value is -1.44. The van der Waals surface area contributed by atoms with Crippen LogP contribution < -0.4 is 4.72 Å². The summed E-state index contributed by atoms with van der Waals surface area (Å²) in [6.45, 7) is 0. The van der Waals surface area contributed by atoms with Crippen LogP contribution in [0.3, 0.4) is 0 Å². The van der Waals surface area contributed by atoms with Crippen molar-refractivity contribution in [1.82, 2.24) is 0 Å². The van der Waals surface area contributed by atoms with Gasteiger partial charge in [-0.2, -0.15) is 13.2 Å². The minimum absolute atomic E-state index is 0.0468. The van der Waals surface area contributed by atoms with Gasteiger partial charge in [-0.3, -0.25) is 10.1 Å². The van der Waals surface area contributed by atoms with E-state index in [1.54, 1.807) is 6.26 Å². The third kappa shape index (κ3) is 2.78. The monoisotopic (exact) mass is 252 g/mol. The first kappa shape index (κ1) is 12.6. The molecule has 0 saturated carbocycles. The average molecular weight is 252 g/mol. The van der Waals surface area contributed by atoms with Gasteiger partial charge in [0.1, 0.15) is 5.69 Å². The summed E-state index contributed by atoms with van der Waals surface area (Å²) >= 11 is 1.06. The summed E-state index contributed by atoms with van der Waals surface area (Å²) < 4.78 is 39.4. The van der Waals surface area contributed by atoms with Gasteiger partial charge in [-0.05, 0) is 12.1 Å². The Balaban J connectivity index is 3.23. The second-order valence-corrected chi connectivity index (χ2v) is 3.41. The normalized spacial score (nSPS) is 11.2. The summed E-state index contributed by atoms with van der Waals surface area (Å²) in [7, 11) is 0. The molecule has 8 heteroatoms. The van der Waals surface area contributed by atoms with Crippen molar-refractivity contribution in [2.75, 3.05) is 11.0 Å². The second-order valence-electron chi connectivity index (χ2n) is 2.79. The summed E-state index contributed by atoms with van der Waals surface area (Å²) in [4.78, 5) is 9.71. The SMILES string of the molecule is CSNc1ccc(C(F)(F)F)cc1[N+](=O)[O-]. The van der Waals surface area contributed by atoms with Crippen molar-refractivity contribution in [1.29, 1.82) is 0 Å².